The molecule has 0 bridgehead atoms. The van der Waals surface area contributed by atoms with Crippen molar-refractivity contribution >= 4 is 33.2 Å². The molecule has 7 heteroatoms. The molecule has 0 unspecified atom stereocenters. The van der Waals surface area contributed by atoms with Gasteiger partial charge >= 0.3 is 0 Å². The van der Waals surface area contributed by atoms with Crippen molar-refractivity contribution in [1.29, 1.82) is 0 Å². The van der Waals surface area contributed by atoms with Gasteiger partial charge in [0.2, 0.25) is 11.8 Å². The lowest BCUT2D eigenvalue weighted by Crippen LogP contribution is -2.40. The summed E-state index contributed by atoms with van der Waals surface area (Å²) in [5.41, 5.74) is 2.80. The zero-order chi connectivity index (χ0) is 18.9. The van der Waals surface area contributed by atoms with Crippen LogP contribution in [0.5, 0.6) is 0 Å². The summed E-state index contributed by atoms with van der Waals surface area (Å²) in [6.45, 7) is 3.79. The van der Waals surface area contributed by atoms with Gasteiger partial charge in [0, 0.05) is 18.5 Å². The number of rotatable bonds is 4. The minimum atomic E-state index is -3.76. The highest BCUT2D eigenvalue weighted by Gasteiger charge is 2.27. The Balaban J connectivity index is 1.85. The Kier molecular flexibility index (Phi) is 4.82. The smallest absolute Gasteiger partial charge is 0.261 e. The van der Waals surface area contributed by atoms with E-state index >= 15 is 0 Å². The lowest BCUT2D eigenvalue weighted by atomic mass is 10.1. The fraction of sp³-hybridized carbons (Fsp3) is 0.263. The molecule has 1 aliphatic heterocycles. The summed E-state index contributed by atoms with van der Waals surface area (Å²) in [5.74, 6) is -0.518. The third-order valence-electron chi connectivity index (χ3n) is 4.16. The number of anilines is 2. The number of piperidine rings is 1. The second kappa shape index (κ2) is 6.92. The van der Waals surface area contributed by atoms with Crippen LogP contribution in [0.3, 0.4) is 0 Å². The monoisotopic (exact) mass is 372 g/mol. The molecule has 2 aromatic rings. The molecule has 0 aliphatic carbocycles. The highest BCUT2D eigenvalue weighted by atomic mass is 32.2. The summed E-state index contributed by atoms with van der Waals surface area (Å²) in [6, 6.07) is 11.2. The number of nitrogens with zero attached hydrogens (tertiary/aromatic N) is 1. The van der Waals surface area contributed by atoms with Gasteiger partial charge < -0.3 is 0 Å². The van der Waals surface area contributed by atoms with E-state index in [-0.39, 0.29) is 16.7 Å². The van der Waals surface area contributed by atoms with Crippen LogP contribution in [0.15, 0.2) is 47.4 Å². The molecule has 2 aromatic carbocycles. The number of carbonyl (C=O) groups excluding carboxylic acids is 2. The predicted octanol–water partition coefficient (Wildman–Crippen LogP) is 3.15. The quantitative estimate of drug-likeness (QED) is 0.836. The van der Waals surface area contributed by atoms with Crippen molar-refractivity contribution in [3.05, 3.63) is 53.6 Å². The van der Waals surface area contributed by atoms with E-state index in [1.54, 1.807) is 12.1 Å². The normalized spacial score (nSPS) is 15.2. The molecule has 1 aliphatic rings. The molecular weight excluding hydrogens is 352 g/mol. The van der Waals surface area contributed by atoms with Gasteiger partial charge in [-0.25, -0.2) is 8.42 Å². The van der Waals surface area contributed by atoms with Crippen LogP contribution in [0.2, 0.25) is 0 Å². The van der Waals surface area contributed by atoms with Crippen molar-refractivity contribution in [1.82, 2.24) is 0 Å². The van der Waals surface area contributed by atoms with Crippen LogP contribution < -0.4 is 9.62 Å². The highest BCUT2D eigenvalue weighted by molar-refractivity contribution is 7.92. The Bertz CT molecular complexity index is 929. The Labute approximate surface area is 152 Å². The standard InChI is InChI=1S/C19H20N2O4S/c1-13-10-14(2)12-15(11-13)20-26(24,25)17-8-6-16(7-9-17)21-18(22)4-3-5-19(21)23/h6-12,20H,3-5H2,1-2H3. The summed E-state index contributed by atoms with van der Waals surface area (Å²) in [7, 11) is -3.76. The first-order chi connectivity index (χ1) is 12.3. The largest absolute Gasteiger partial charge is 0.280 e. The van der Waals surface area contributed by atoms with Gasteiger partial charge in [0.1, 0.15) is 0 Å². The van der Waals surface area contributed by atoms with Crippen molar-refractivity contribution in [3.63, 3.8) is 0 Å². The summed E-state index contributed by atoms with van der Waals surface area (Å²) in [4.78, 5) is 25.1. The Hall–Kier alpha value is -2.67. The first-order valence-electron chi connectivity index (χ1n) is 8.33. The van der Waals surface area contributed by atoms with Crippen LogP contribution >= 0.6 is 0 Å². The predicted molar refractivity (Wildman–Crippen MR) is 99.5 cm³/mol. The molecule has 0 radical (unpaired) electrons. The van der Waals surface area contributed by atoms with E-state index in [0.717, 1.165) is 16.0 Å². The number of carbonyl (C=O) groups is 2. The topological polar surface area (TPSA) is 83.6 Å². The highest BCUT2D eigenvalue weighted by Crippen LogP contribution is 2.25. The molecule has 136 valence electrons. The lowest BCUT2D eigenvalue weighted by Gasteiger charge is -2.24. The molecule has 1 heterocycles. The van der Waals surface area contributed by atoms with E-state index in [2.05, 4.69) is 4.72 Å². The molecule has 0 saturated carbocycles. The Morgan fingerprint density at radius 1 is 0.885 bits per heavy atom. The van der Waals surface area contributed by atoms with Crippen LogP contribution in [0.4, 0.5) is 11.4 Å². The van der Waals surface area contributed by atoms with Crippen molar-refractivity contribution in [2.75, 3.05) is 9.62 Å². The van der Waals surface area contributed by atoms with Crippen LogP contribution in [0.25, 0.3) is 0 Å². The van der Waals surface area contributed by atoms with Gasteiger partial charge in [0.05, 0.1) is 10.6 Å². The number of hydrogen-bond acceptors (Lipinski definition) is 4. The maximum Gasteiger partial charge on any atom is 0.261 e. The van der Waals surface area contributed by atoms with Gasteiger partial charge in [-0.05, 0) is 67.8 Å². The van der Waals surface area contributed by atoms with Gasteiger partial charge in [-0.1, -0.05) is 6.07 Å². The second-order valence-electron chi connectivity index (χ2n) is 6.45. The Morgan fingerprint density at radius 3 is 1.96 bits per heavy atom. The van der Waals surface area contributed by atoms with Crippen LogP contribution in [-0.4, -0.2) is 20.2 Å². The zero-order valence-electron chi connectivity index (χ0n) is 14.7. The van der Waals surface area contributed by atoms with Crippen molar-refractivity contribution < 1.29 is 18.0 Å². The number of benzene rings is 2. The summed E-state index contributed by atoms with van der Waals surface area (Å²) in [5, 5.41) is 0. The average Bonchev–Trinajstić information content (AvgIpc) is 2.53. The van der Waals surface area contributed by atoms with Crippen molar-refractivity contribution in [2.45, 2.75) is 38.0 Å². The fourth-order valence-electron chi connectivity index (χ4n) is 3.06. The maximum absolute atomic E-state index is 12.6. The second-order valence-corrected chi connectivity index (χ2v) is 8.13. The zero-order valence-corrected chi connectivity index (χ0v) is 15.5. The Morgan fingerprint density at radius 2 is 1.42 bits per heavy atom. The van der Waals surface area contributed by atoms with Crippen molar-refractivity contribution in [2.24, 2.45) is 0 Å². The van der Waals surface area contributed by atoms with Crippen LogP contribution in [0.1, 0.15) is 30.4 Å². The van der Waals surface area contributed by atoms with E-state index in [1.165, 1.54) is 24.3 Å². The molecule has 26 heavy (non-hydrogen) atoms. The molecule has 1 fully saturated rings. The van der Waals surface area contributed by atoms with Crippen molar-refractivity contribution in [3.8, 4) is 0 Å². The first kappa shape index (κ1) is 18.1. The van der Waals surface area contributed by atoms with Gasteiger partial charge in [-0.3, -0.25) is 19.2 Å². The SMILES string of the molecule is Cc1cc(C)cc(NS(=O)(=O)c2ccc(N3C(=O)CCCC3=O)cc2)c1. The van der Waals surface area contributed by atoms with Crippen LogP contribution in [-0.2, 0) is 19.6 Å². The van der Waals surface area contributed by atoms with E-state index in [1.807, 2.05) is 19.9 Å². The number of hydrogen-bond donors (Lipinski definition) is 1. The number of imide groups is 1. The molecule has 1 saturated heterocycles. The molecule has 0 aromatic heterocycles. The molecular formula is C19H20N2O4S. The summed E-state index contributed by atoms with van der Waals surface area (Å²) < 4.78 is 27.7. The average molecular weight is 372 g/mol. The lowest BCUT2D eigenvalue weighted by molar-refractivity contribution is -0.129. The summed E-state index contributed by atoms with van der Waals surface area (Å²) in [6.07, 6.45) is 1.20. The third-order valence-corrected chi connectivity index (χ3v) is 5.56. The van der Waals surface area contributed by atoms with Gasteiger partial charge in [0.15, 0.2) is 0 Å². The van der Waals surface area contributed by atoms with Crippen LogP contribution in [0, 0.1) is 13.8 Å². The fourth-order valence-corrected chi connectivity index (χ4v) is 4.10. The molecule has 2 amide bonds. The number of nitrogens with one attached hydrogen (secondary N) is 1. The molecule has 0 spiro atoms. The van der Waals surface area contributed by atoms with Gasteiger partial charge in [0.25, 0.3) is 10.0 Å². The molecule has 6 nitrogen and oxygen atoms in total. The van der Waals surface area contributed by atoms with Gasteiger partial charge in [-0.2, -0.15) is 0 Å². The molecule has 0 atom stereocenters. The molecule has 3 rings (SSSR count). The maximum atomic E-state index is 12.6. The number of amides is 2. The third kappa shape index (κ3) is 3.77. The van der Waals surface area contributed by atoms with E-state index in [9.17, 15) is 18.0 Å². The van der Waals surface area contributed by atoms with E-state index in [0.29, 0.717) is 30.6 Å². The van der Waals surface area contributed by atoms with E-state index in [4.69, 9.17) is 0 Å². The number of aryl methyl sites for hydroxylation is 2. The van der Waals surface area contributed by atoms with Gasteiger partial charge in [-0.15, -0.1) is 0 Å². The van der Waals surface area contributed by atoms with E-state index < -0.39 is 10.0 Å². The minimum absolute atomic E-state index is 0.0670. The molecule has 1 N–H and O–H groups in total. The summed E-state index contributed by atoms with van der Waals surface area (Å²) >= 11 is 0. The minimum Gasteiger partial charge on any atom is -0.280 e. The first-order valence-corrected chi connectivity index (χ1v) is 9.81. The number of sulfonamides is 1.